The van der Waals surface area contributed by atoms with Crippen LogP contribution in [-0.2, 0) is 9.84 Å². The normalized spacial score (nSPS) is 31.3. The maximum atomic E-state index is 12.1. The zero-order valence-electron chi connectivity index (χ0n) is 15.5. The molecule has 2 bridgehead atoms. The molecule has 0 aromatic rings. The van der Waals surface area contributed by atoms with Gasteiger partial charge >= 0.3 is 0 Å². The summed E-state index contributed by atoms with van der Waals surface area (Å²) in [7, 11) is -3.13. The fourth-order valence-corrected chi connectivity index (χ4v) is 6.85. The number of piperidine rings is 3. The van der Waals surface area contributed by atoms with Crippen LogP contribution in [0, 0.1) is 11.8 Å². The van der Waals surface area contributed by atoms with Gasteiger partial charge in [0.1, 0.15) is 5.37 Å². The van der Waals surface area contributed by atoms with Crippen molar-refractivity contribution in [3.63, 3.8) is 0 Å². The van der Waals surface area contributed by atoms with E-state index in [0.29, 0.717) is 11.8 Å². The summed E-state index contributed by atoms with van der Waals surface area (Å²) in [5, 5.41) is 0.455. The van der Waals surface area contributed by atoms with Crippen molar-refractivity contribution >= 4 is 21.6 Å². The smallest absolute Gasteiger partial charge is 0.179 e. The number of unbranched alkanes of at least 4 members (excludes halogenated alkanes) is 3. The molecule has 0 amide bonds. The van der Waals surface area contributed by atoms with Crippen LogP contribution >= 0.6 is 11.8 Å². The summed E-state index contributed by atoms with van der Waals surface area (Å²) < 4.78 is 24.3. The average molecular weight is 377 g/mol. The first-order valence-corrected chi connectivity index (χ1v) is 12.5. The van der Waals surface area contributed by atoms with Crippen LogP contribution in [0.25, 0.3) is 0 Å². The highest BCUT2D eigenvalue weighted by molar-refractivity contribution is 7.99. The fraction of sp³-hybridized carbons (Fsp3) is 1.00. The molecule has 3 aliphatic rings. The van der Waals surface area contributed by atoms with E-state index in [1.165, 1.54) is 50.7 Å². The van der Waals surface area contributed by atoms with E-state index in [-0.39, 0.29) is 11.3 Å². The van der Waals surface area contributed by atoms with Crippen molar-refractivity contribution in [1.82, 2.24) is 4.90 Å². The van der Waals surface area contributed by atoms with Gasteiger partial charge in [0, 0.05) is 11.8 Å². The number of nitrogens with zero attached hydrogens (tertiary/aromatic N) is 1. The molecule has 6 heteroatoms. The van der Waals surface area contributed by atoms with Gasteiger partial charge in [-0.05, 0) is 49.8 Å². The second kappa shape index (κ2) is 9.79. The molecule has 24 heavy (non-hydrogen) atoms. The number of hydrogen-bond donors (Lipinski definition) is 1. The Bertz CT molecular complexity index is 470. The molecule has 0 aromatic carbocycles. The number of sulfone groups is 1. The molecule has 3 aliphatic heterocycles. The van der Waals surface area contributed by atoms with E-state index in [1.54, 1.807) is 0 Å². The summed E-state index contributed by atoms with van der Waals surface area (Å²) in [6.45, 7) is 6.51. The molecule has 3 rings (SSSR count). The molecule has 142 valence electrons. The van der Waals surface area contributed by atoms with E-state index >= 15 is 0 Å². The molecular formula is C18H36N2O2S2. The Morgan fingerprint density at radius 3 is 2.71 bits per heavy atom. The minimum absolute atomic E-state index is 0.211. The maximum Gasteiger partial charge on any atom is 0.179 e. The first kappa shape index (κ1) is 20.5. The predicted octanol–water partition coefficient (Wildman–Crippen LogP) is 3.47. The van der Waals surface area contributed by atoms with Crippen molar-refractivity contribution < 1.29 is 8.42 Å². The van der Waals surface area contributed by atoms with Crippen LogP contribution in [0.1, 0.15) is 65.2 Å². The van der Waals surface area contributed by atoms with Gasteiger partial charge in [-0.3, -0.25) is 4.90 Å². The molecule has 0 spiro atoms. The van der Waals surface area contributed by atoms with Gasteiger partial charge in [0.25, 0.3) is 0 Å². The van der Waals surface area contributed by atoms with E-state index in [1.807, 2.05) is 0 Å². The third kappa shape index (κ3) is 5.61. The van der Waals surface area contributed by atoms with Crippen molar-refractivity contribution in [3.05, 3.63) is 0 Å². The van der Waals surface area contributed by atoms with Gasteiger partial charge in [0.05, 0.1) is 5.88 Å². The van der Waals surface area contributed by atoms with E-state index < -0.39 is 9.84 Å². The minimum atomic E-state index is -3.13. The molecule has 0 aliphatic carbocycles. The zero-order valence-corrected chi connectivity index (χ0v) is 17.1. The van der Waals surface area contributed by atoms with E-state index in [0.717, 1.165) is 24.8 Å². The van der Waals surface area contributed by atoms with Crippen LogP contribution < -0.4 is 5.73 Å². The van der Waals surface area contributed by atoms with Gasteiger partial charge in [0.2, 0.25) is 0 Å². The lowest BCUT2D eigenvalue weighted by molar-refractivity contribution is 0.0317. The first-order chi connectivity index (χ1) is 11.5. The Morgan fingerprint density at radius 1 is 1.29 bits per heavy atom. The van der Waals surface area contributed by atoms with E-state index in [2.05, 4.69) is 30.5 Å². The lowest BCUT2D eigenvalue weighted by Gasteiger charge is -2.49. The lowest BCUT2D eigenvalue weighted by Crippen LogP contribution is -2.57. The Labute approximate surface area is 153 Å². The highest BCUT2D eigenvalue weighted by Gasteiger charge is 2.44. The van der Waals surface area contributed by atoms with Crippen LogP contribution in [0.5, 0.6) is 0 Å². The molecule has 3 saturated heterocycles. The number of rotatable bonds is 11. The monoisotopic (exact) mass is 376 g/mol. The zero-order chi connectivity index (χ0) is 17.6. The number of hydrogen-bond acceptors (Lipinski definition) is 5. The average Bonchev–Trinajstić information content (AvgIpc) is 2.59. The molecule has 2 unspecified atom stereocenters. The largest absolute Gasteiger partial charge is 0.318 e. The quantitative estimate of drug-likeness (QED) is 0.559. The van der Waals surface area contributed by atoms with Gasteiger partial charge in [-0.25, -0.2) is 8.42 Å². The summed E-state index contributed by atoms with van der Waals surface area (Å²) in [6, 6.07) is 0. The maximum absolute atomic E-state index is 12.1. The summed E-state index contributed by atoms with van der Waals surface area (Å²) in [5.41, 5.74) is 5.46. The topological polar surface area (TPSA) is 63.4 Å². The molecule has 0 aromatic heterocycles. The SMILES string of the molecule is CCCCCCC(C)SCC[C@H]1CN2CC[C@H]1C[C@@H]2S(=O)(=O)CN. The second-order valence-electron chi connectivity index (χ2n) is 7.64. The van der Waals surface area contributed by atoms with Crippen LogP contribution in [0.4, 0.5) is 0 Å². The minimum Gasteiger partial charge on any atom is -0.318 e. The van der Waals surface area contributed by atoms with Crippen LogP contribution in [0.15, 0.2) is 0 Å². The molecule has 3 heterocycles. The Morgan fingerprint density at radius 2 is 2.08 bits per heavy atom. The van der Waals surface area contributed by atoms with Crippen LogP contribution in [-0.4, -0.2) is 48.7 Å². The molecule has 0 radical (unpaired) electrons. The second-order valence-corrected chi connectivity index (χ2v) is 11.4. The Balaban J connectivity index is 1.69. The van der Waals surface area contributed by atoms with Crippen molar-refractivity contribution in [3.8, 4) is 0 Å². The molecule has 4 nitrogen and oxygen atoms in total. The molecular weight excluding hydrogens is 340 g/mol. The molecule has 0 saturated carbocycles. The van der Waals surface area contributed by atoms with Crippen molar-refractivity contribution in [2.24, 2.45) is 17.6 Å². The number of thioether (sulfide) groups is 1. The third-order valence-corrected chi connectivity index (χ3v) is 8.90. The van der Waals surface area contributed by atoms with Gasteiger partial charge in [0.15, 0.2) is 9.84 Å². The number of nitrogens with two attached hydrogens (primary N) is 1. The summed E-state index contributed by atoms with van der Waals surface area (Å²) in [6.07, 6.45) is 9.95. The first-order valence-electron chi connectivity index (χ1n) is 9.75. The van der Waals surface area contributed by atoms with Crippen molar-refractivity contribution in [1.29, 1.82) is 0 Å². The van der Waals surface area contributed by atoms with Gasteiger partial charge in [-0.15, -0.1) is 0 Å². The van der Waals surface area contributed by atoms with Gasteiger partial charge in [-0.1, -0.05) is 39.5 Å². The van der Waals surface area contributed by atoms with E-state index in [9.17, 15) is 8.42 Å². The summed E-state index contributed by atoms with van der Waals surface area (Å²) in [4.78, 5) is 2.19. The van der Waals surface area contributed by atoms with Crippen molar-refractivity contribution in [2.45, 2.75) is 75.8 Å². The Kier molecular flexibility index (Phi) is 8.38. The lowest BCUT2D eigenvalue weighted by atomic mass is 9.77. The fourth-order valence-electron chi connectivity index (χ4n) is 4.26. The third-order valence-electron chi connectivity index (χ3n) is 5.84. The van der Waals surface area contributed by atoms with E-state index in [4.69, 9.17) is 5.73 Å². The van der Waals surface area contributed by atoms with Crippen LogP contribution in [0.3, 0.4) is 0 Å². The standard InChI is InChI=1S/C18H36N2O2S2/c1-3-4-5-6-7-15(2)23-11-9-17-13-20-10-8-16(17)12-18(20)24(21,22)14-19/h15-18H,3-14,19H2,1-2H3/t15?,16-,17-,18-/m0/s1. The van der Waals surface area contributed by atoms with Gasteiger partial charge in [-0.2, -0.15) is 11.8 Å². The summed E-state index contributed by atoms with van der Waals surface area (Å²) in [5.74, 6) is 2.28. The molecule has 3 fully saturated rings. The van der Waals surface area contributed by atoms with Gasteiger partial charge < -0.3 is 5.73 Å². The highest BCUT2D eigenvalue weighted by Crippen LogP contribution is 2.40. The van der Waals surface area contributed by atoms with Crippen LogP contribution in [0.2, 0.25) is 0 Å². The van der Waals surface area contributed by atoms with Crippen molar-refractivity contribution in [2.75, 3.05) is 24.7 Å². The highest BCUT2D eigenvalue weighted by atomic mass is 32.2. The number of fused-ring (bicyclic) bond motifs is 3. The molecule has 2 N–H and O–H groups in total. The Hall–Kier alpha value is 0.220. The summed E-state index contributed by atoms with van der Waals surface area (Å²) >= 11 is 2.11. The predicted molar refractivity (Wildman–Crippen MR) is 105 cm³/mol. The molecule has 5 atom stereocenters.